The van der Waals surface area contributed by atoms with Gasteiger partial charge in [0.2, 0.25) is 0 Å². The third-order valence-corrected chi connectivity index (χ3v) is 2.91. The van der Waals surface area contributed by atoms with E-state index in [1.165, 1.54) is 17.0 Å². The van der Waals surface area contributed by atoms with Crippen molar-refractivity contribution in [3.63, 3.8) is 0 Å². The van der Waals surface area contributed by atoms with E-state index in [1.54, 1.807) is 0 Å². The van der Waals surface area contributed by atoms with Crippen LogP contribution in [0.4, 0.5) is 4.39 Å². The lowest BCUT2D eigenvalue weighted by atomic mass is 10.2. The molecule has 1 rings (SSSR count). The molecule has 0 aromatic heterocycles. The first-order valence-electron chi connectivity index (χ1n) is 5.95. The molecule has 5 heteroatoms. The van der Waals surface area contributed by atoms with Crippen LogP contribution in [-0.4, -0.2) is 35.6 Å². The van der Waals surface area contributed by atoms with Gasteiger partial charge in [-0.15, -0.1) is 0 Å². The number of benzene rings is 1. The molecule has 1 aromatic rings. The molecule has 18 heavy (non-hydrogen) atoms. The summed E-state index contributed by atoms with van der Waals surface area (Å²) in [6.07, 6.45) is 1.80. The first-order valence-corrected chi connectivity index (χ1v) is 6.33. The summed E-state index contributed by atoms with van der Waals surface area (Å²) in [7, 11) is 0. The maximum atomic E-state index is 13.3. The summed E-state index contributed by atoms with van der Waals surface area (Å²) < 4.78 is 13.3. The van der Waals surface area contributed by atoms with E-state index in [0.29, 0.717) is 6.54 Å². The molecule has 0 aliphatic rings. The molecule has 0 bridgehead atoms. The number of amides is 1. The van der Waals surface area contributed by atoms with Crippen LogP contribution < -0.4 is 0 Å². The predicted octanol–water partition coefficient (Wildman–Crippen LogP) is 2.71. The average molecular weight is 274 g/mol. The van der Waals surface area contributed by atoms with Crippen LogP contribution in [-0.2, 0) is 0 Å². The van der Waals surface area contributed by atoms with E-state index in [9.17, 15) is 9.18 Å². The smallest absolute Gasteiger partial charge is 0.254 e. The minimum Gasteiger partial charge on any atom is -0.395 e. The Kier molecular flexibility index (Phi) is 6.09. The number of carbonyl (C=O) groups excluding carboxylic acids is 1. The molecule has 3 nitrogen and oxygen atoms in total. The normalized spacial score (nSPS) is 10.4. The van der Waals surface area contributed by atoms with Gasteiger partial charge in [0, 0.05) is 18.7 Å². The highest BCUT2D eigenvalue weighted by Gasteiger charge is 2.16. The standard InChI is InChI=1S/C13H17ClFNO2/c1-2-3-6-16(7-8-17)13(18)10-4-5-11(14)12(15)9-10/h4-5,9,17H,2-3,6-8H2,1H3. The summed E-state index contributed by atoms with van der Waals surface area (Å²) in [6.45, 7) is 2.72. The molecule has 0 heterocycles. The lowest BCUT2D eigenvalue weighted by Crippen LogP contribution is -2.34. The molecule has 0 aliphatic heterocycles. The van der Waals surface area contributed by atoms with Gasteiger partial charge in [0.25, 0.3) is 5.91 Å². The van der Waals surface area contributed by atoms with Gasteiger partial charge in [-0.25, -0.2) is 4.39 Å². The highest BCUT2D eigenvalue weighted by molar-refractivity contribution is 6.30. The summed E-state index contributed by atoms with van der Waals surface area (Å²) in [5.74, 6) is -0.893. The van der Waals surface area contributed by atoms with Crippen LogP contribution in [0.3, 0.4) is 0 Å². The van der Waals surface area contributed by atoms with Gasteiger partial charge in [0.1, 0.15) is 5.82 Å². The second-order valence-electron chi connectivity index (χ2n) is 4.00. The van der Waals surface area contributed by atoms with E-state index in [0.717, 1.165) is 18.9 Å². The maximum Gasteiger partial charge on any atom is 0.254 e. The number of hydrogen-bond acceptors (Lipinski definition) is 2. The fraction of sp³-hybridized carbons (Fsp3) is 0.462. The Morgan fingerprint density at radius 2 is 2.17 bits per heavy atom. The van der Waals surface area contributed by atoms with Gasteiger partial charge >= 0.3 is 0 Å². The monoisotopic (exact) mass is 273 g/mol. The molecule has 100 valence electrons. The summed E-state index contributed by atoms with van der Waals surface area (Å²) in [5.41, 5.74) is 0.251. The summed E-state index contributed by atoms with van der Waals surface area (Å²) in [6, 6.07) is 3.98. The zero-order valence-corrected chi connectivity index (χ0v) is 11.1. The van der Waals surface area contributed by atoms with Crippen LogP contribution in [0.15, 0.2) is 18.2 Å². The zero-order valence-electron chi connectivity index (χ0n) is 10.3. The summed E-state index contributed by atoms with van der Waals surface area (Å²) in [4.78, 5) is 13.6. The van der Waals surface area contributed by atoms with Gasteiger partial charge in [0.15, 0.2) is 0 Å². The van der Waals surface area contributed by atoms with Crippen LogP contribution in [0.5, 0.6) is 0 Å². The number of carbonyl (C=O) groups is 1. The third kappa shape index (κ3) is 3.96. The van der Waals surface area contributed by atoms with Crippen molar-refractivity contribution in [2.24, 2.45) is 0 Å². The molecular weight excluding hydrogens is 257 g/mol. The molecule has 0 fully saturated rings. The van der Waals surface area contributed by atoms with Crippen molar-refractivity contribution >= 4 is 17.5 Å². The van der Waals surface area contributed by atoms with Gasteiger partial charge < -0.3 is 10.0 Å². The Bertz CT molecular complexity index is 412. The molecule has 0 unspecified atom stereocenters. The van der Waals surface area contributed by atoms with E-state index in [2.05, 4.69) is 0 Å². The molecule has 0 aliphatic carbocycles. The van der Waals surface area contributed by atoms with Gasteiger partial charge in [-0.2, -0.15) is 0 Å². The lowest BCUT2D eigenvalue weighted by Gasteiger charge is -2.21. The number of aliphatic hydroxyl groups is 1. The van der Waals surface area contributed by atoms with E-state index in [4.69, 9.17) is 16.7 Å². The van der Waals surface area contributed by atoms with Gasteiger partial charge in [-0.05, 0) is 24.6 Å². The largest absolute Gasteiger partial charge is 0.395 e. The predicted molar refractivity (Wildman–Crippen MR) is 69.3 cm³/mol. The number of halogens is 2. The third-order valence-electron chi connectivity index (χ3n) is 2.61. The quantitative estimate of drug-likeness (QED) is 0.866. The second-order valence-corrected chi connectivity index (χ2v) is 4.41. The Morgan fingerprint density at radius 1 is 1.44 bits per heavy atom. The second kappa shape index (κ2) is 7.34. The fourth-order valence-corrected chi connectivity index (χ4v) is 1.71. The number of unbranched alkanes of at least 4 members (excludes halogenated alkanes) is 1. The molecular formula is C13H17ClFNO2. The lowest BCUT2D eigenvalue weighted by molar-refractivity contribution is 0.0719. The van der Waals surface area contributed by atoms with Gasteiger partial charge in [-0.1, -0.05) is 24.9 Å². The van der Waals surface area contributed by atoms with Crippen molar-refractivity contribution in [3.8, 4) is 0 Å². The van der Waals surface area contributed by atoms with Crippen molar-refractivity contribution < 1.29 is 14.3 Å². The van der Waals surface area contributed by atoms with Crippen LogP contribution in [0.1, 0.15) is 30.1 Å². The SMILES string of the molecule is CCCCN(CCO)C(=O)c1ccc(Cl)c(F)c1. The van der Waals surface area contributed by atoms with Crippen molar-refractivity contribution in [2.45, 2.75) is 19.8 Å². The number of hydrogen-bond donors (Lipinski definition) is 1. The first kappa shape index (κ1) is 14.9. The van der Waals surface area contributed by atoms with Crippen LogP contribution in [0, 0.1) is 5.82 Å². The molecule has 0 radical (unpaired) electrons. The molecule has 0 atom stereocenters. The van der Waals surface area contributed by atoms with Gasteiger partial charge in [0.05, 0.1) is 11.6 Å². The molecule has 0 saturated carbocycles. The minimum atomic E-state index is -0.609. The van der Waals surface area contributed by atoms with Crippen LogP contribution in [0.25, 0.3) is 0 Å². The number of nitrogens with zero attached hydrogens (tertiary/aromatic N) is 1. The molecule has 1 N–H and O–H groups in total. The summed E-state index contributed by atoms with van der Waals surface area (Å²) in [5, 5.41) is 8.94. The van der Waals surface area contributed by atoms with Crippen molar-refractivity contribution in [2.75, 3.05) is 19.7 Å². The highest BCUT2D eigenvalue weighted by Crippen LogP contribution is 2.17. The van der Waals surface area contributed by atoms with Crippen molar-refractivity contribution in [1.29, 1.82) is 0 Å². The van der Waals surface area contributed by atoms with Crippen molar-refractivity contribution in [1.82, 2.24) is 4.90 Å². The maximum absolute atomic E-state index is 13.3. The van der Waals surface area contributed by atoms with Crippen LogP contribution >= 0.6 is 11.6 Å². The van der Waals surface area contributed by atoms with Crippen molar-refractivity contribution in [3.05, 3.63) is 34.6 Å². The molecule has 0 saturated heterocycles. The zero-order chi connectivity index (χ0) is 13.5. The Hall–Kier alpha value is -1.13. The van der Waals surface area contributed by atoms with Gasteiger partial charge in [-0.3, -0.25) is 4.79 Å². The first-order chi connectivity index (χ1) is 8.60. The molecule has 0 spiro atoms. The summed E-state index contributed by atoms with van der Waals surface area (Å²) >= 11 is 5.57. The van der Waals surface area contributed by atoms with E-state index < -0.39 is 5.82 Å². The van der Waals surface area contributed by atoms with E-state index >= 15 is 0 Å². The molecule has 1 aromatic carbocycles. The minimum absolute atomic E-state index is 0.00573. The highest BCUT2D eigenvalue weighted by atomic mass is 35.5. The Balaban J connectivity index is 2.83. The van der Waals surface area contributed by atoms with E-state index in [-0.39, 0.29) is 29.6 Å². The fourth-order valence-electron chi connectivity index (χ4n) is 1.60. The van der Waals surface area contributed by atoms with E-state index in [1.807, 2.05) is 6.92 Å². The number of rotatable bonds is 6. The topological polar surface area (TPSA) is 40.5 Å². The Morgan fingerprint density at radius 3 is 2.72 bits per heavy atom. The number of aliphatic hydroxyl groups excluding tert-OH is 1. The Labute approximate surface area is 111 Å². The average Bonchev–Trinajstić information content (AvgIpc) is 2.37. The molecule has 1 amide bonds. The van der Waals surface area contributed by atoms with Crippen LogP contribution in [0.2, 0.25) is 5.02 Å².